The van der Waals surface area contributed by atoms with Gasteiger partial charge in [-0.2, -0.15) is 0 Å². The van der Waals surface area contributed by atoms with E-state index < -0.39 is 7.12 Å². The van der Waals surface area contributed by atoms with Gasteiger partial charge in [0, 0.05) is 12.2 Å². The van der Waals surface area contributed by atoms with Crippen LogP contribution in [0, 0.1) is 0 Å². The van der Waals surface area contributed by atoms with Crippen molar-refractivity contribution >= 4 is 12.7 Å². The lowest BCUT2D eigenvalue weighted by Crippen LogP contribution is -2.41. The summed E-state index contributed by atoms with van der Waals surface area (Å²) in [4.78, 5) is 4.44. The highest BCUT2D eigenvalue weighted by atomic mass is 16.7. The van der Waals surface area contributed by atoms with E-state index in [2.05, 4.69) is 4.98 Å². The zero-order chi connectivity index (χ0) is 14.3. The summed E-state index contributed by atoms with van der Waals surface area (Å²) < 4.78 is 12.1. The van der Waals surface area contributed by atoms with E-state index in [1.54, 1.807) is 6.20 Å². The second-order valence-corrected chi connectivity index (χ2v) is 6.32. The lowest BCUT2D eigenvalue weighted by molar-refractivity contribution is 0.00578. The predicted molar refractivity (Wildman–Crippen MR) is 77.3 cm³/mol. The van der Waals surface area contributed by atoms with E-state index in [1.165, 1.54) is 0 Å². The first-order valence-electron chi connectivity index (χ1n) is 6.78. The van der Waals surface area contributed by atoms with Gasteiger partial charge in [0.2, 0.25) is 0 Å². The number of hydrogen-bond donors (Lipinski definition) is 1. The molecule has 1 aromatic heterocycles. The molecule has 1 unspecified atom stereocenters. The van der Waals surface area contributed by atoms with E-state index in [-0.39, 0.29) is 17.2 Å². The molecule has 1 aliphatic heterocycles. The maximum Gasteiger partial charge on any atom is 0.514 e. The monoisotopic (exact) mass is 262 g/mol. The number of nitrogens with zero attached hydrogens (tertiary/aromatic N) is 1. The van der Waals surface area contributed by atoms with E-state index in [0.29, 0.717) is 0 Å². The smallest absolute Gasteiger partial charge is 0.398 e. The molecule has 2 N–H and O–H groups in total. The highest BCUT2D eigenvalue weighted by molar-refractivity contribution is 6.61. The molecule has 0 saturated carbocycles. The van der Waals surface area contributed by atoms with Gasteiger partial charge in [0.25, 0.3) is 0 Å². The molecule has 5 heteroatoms. The van der Waals surface area contributed by atoms with Crippen LogP contribution in [0.3, 0.4) is 0 Å². The van der Waals surface area contributed by atoms with Crippen LogP contribution >= 0.6 is 0 Å². The van der Waals surface area contributed by atoms with E-state index in [4.69, 9.17) is 15.0 Å². The SMILES string of the molecule is CC(N)Cc1cccnc1B1OC(C)(C)C(C)(C)O1. The van der Waals surface area contributed by atoms with Gasteiger partial charge in [-0.25, -0.2) is 0 Å². The van der Waals surface area contributed by atoms with Crippen LogP contribution in [-0.4, -0.2) is 29.3 Å². The van der Waals surface area contributed by atoms with E-state index in [0.717, 1.165) is 17.6 Å². The summed E-state index contributed by atoms with van der Waals surface area (Å²) in [6.45, 7) is 10.2. The minimum atomic E-state index is -0.417. The van der Waals surface area contributed by atoms with Crippen molar-refractivity contribution in [3.05, 3.63) is 23.9 Å². The Morgan fingerprint density at radius 1 is 1.26 bits per heavy atom. The zero-order valence-corrected chi connectivity index (χ0v) is 12.4. The van der Waals surface area contributed by atoms with Gasteiger partial charge in [-0.1, -0.05) is 6.07 Å². The van der Waals surface area contributed by atoms with Gasteiger partial charge in [0.1, 0.15) is 0 Å². The van der Waals surface area contributed by atoms with Gasteiger partial charge >= 0.3 is 7.12 Å². The topological polar surface area (TPSA) is 57.4 Å². The fourth-order valence-electron chi connectivity index (χ4n) is 2.14. The van der Waals surface area contributed by atoms with Crippen LogP contribution in [0.25, 0.3) is 0 Å². The Hall–Kier alpha value is -0.905. The van der Waals surface area contributed by atoms with Crippen molar-refractivity contribution in [2.75, 3.05) is 0 Å². The normalized spacial score (nSPS) is 22.5. The Morgan fingerprint density at radius 2 is 1.84 bits per heavy atom. The third-order valence-electron chi connectivity index (χ3n) is 3.94. The number of aromatic nitrogens is 1. The third kappa shape index (κ3) is 2.83. The molecule has 19 heavy (non-hydrogen) atoms. The van der Waals surface area contributed by atoms with Crippen LogP contribution in [0.5, 0.6) is 0 Å². The van der Waals surface area contributed by atoms with Gasteiger partial charge in [-0.3, -0.25) is 4.98 Å². The van der Waals surface area contributed by atoms with E-state index in [9.17, 15) is 0 Å². The summed E-state index contributed by atoms with van der Waals surface area (Å²) in [5.41, 5.74) is 7.14. The molecule has 0 aromatic carbocycles. The van der Waals surface area contributed by atoms with Gasteiger partial charge in [-0.15, -0.1) is 0 Å². The maximum atomic E-state index is 6.05. The summed E-state index contributed by atoms with van der Waals surface area (Å²) >= 11 is 0. The zero-order valence-electron chi connectivity index (χ0n) is 12.4. The lowest BCUT2D eigenvalue weighted by Gasteiger charge is -2.32. The molecule has 1 aromatic rings. The molecule has 1 fully saturated rings. The van der Waals surface area contributed by atoms with Gasteiger partial charge in [0.05, 0.1) is 16.8 Å². The predicted octanol–water partition coefficient (Wildman–Crippen LogP) is 1.27. The number of rotatable bonds is 3. The highest BCUT2D eigenvalue weighted by Gasteiger charge is 2.52. The number of pyridine rings is 1. The van der Waals surface area contributed by atoms with Crippen molar-refractivity contribution in [2.24, 2.45) is 5.73 Å². The fourth-order valence-corrected chi connectivity index (χ4v) is 2.14. The molecule has 4 nitrogen and oxygen atoms in total. The fraction of sp³-hybridized carbons (Fsp3) is 0.643. The lowest BCUT2D eigenvalue weighted by atomic mass is 9.79. The van der Waals surface area contributed by atoms with Crippen LogP contribution < -0.4 is 11.3 Å². The van der Waals surface area contributed by atoms with Crippen molar-refractivity contribution in [3.63, 3.8) is 0 Å². The molecule has 2 rings (SSSR count). The molecule has 0 amide bonds. The minimum Gasteiger partial charge on any atom is -0.398 e. The summed E-state index contributed by atoms with van der Waals surface area (Å²) in [5.74, 6) is 0. The molecule has 1 atom stereocenters. The van der Waals surface area contributed by atoms with Gasteiger partial charge in [-0.05, 0) is 52.7 Å². The number of hydrogen-bond acceptors (Lipinski definition) is 4. The first kappa shape index (κ1) is 14.5. The summed E-state index contributed by atoms with van der Waals surface area (Å²) in [5, 5.41) is 0. The average molecular weight is 262 g/mol. The standard InChI is InChI=1S/C14H23BN2O2/c1-10(16)9-11-7-6-8-17-12(11)15-18-13(2,3)14(4,5)19-15/h6-8,10H,9,16H2,1-5H3. The second-order valence-electron chi connectivity index (χ2n) is 6.32. The first-order valence-corrected chi connectivity index (χ1v) is 6.78. The Bertz CT molecular complexity index is 445. The summed E-state index contributed by atoms with van der Waals surface area (Å²) in [7, 11) is -0.417. The molecule has 0 bridgehead atoms. The largest absolute Gasteiger partial charge is 0.514 e. The van der Waals surface area contributed by atoms with Gasteiger partial charge in [0.15, 0.2) is 0 Å². The van der Waals surface area contributed by atoms with Crippen LogP contribution in [0.15, 0.2) is 18.3 Å². The first-order chi connectivity index (χ1) is 8.73. The highest BCUT2D eigenvalue weighted by Crippen LogP contribution is 2.36. The van der Waals surface area contributed by atoms with Gasteiger partial charge < -0.3 is 15.0 Å². The van der Waals surface area contributed by atoms with E-state index >= 15 is 0 Å². The van der Waals surface area contributed by atoms with Crippen molar-refractivity contribution in [3.8, 4) is 0 Å². The van der Waals surface area contributed by atoms with Crippen LogP contribution in [-0.2, 0) is 15.7 Å². The van der Waals surface area contributed by atoms with Crippen LogP contribution in [0.2, 0.25) is 0 Å². The number of nitrogens with two attached hydrogens (primary N) is 1. The Labute approximate surface area is 115 Å². The quantitative estimate of drug-likeness (QED) is 0.833. The Balaban J connectivity index is 2.29. The Kier molecular flexibility index (Phi) is 3.73. The second kappa shape index (κ2) is 4.89. The molecular weight excluding hydrogens is 239 g/mol. The van der Waals surface area contributed by atoms with Crippen molar-refractivity contribution in [1.82, 2.24) is 4.98 Å². The van der Waals surface area contributed by atoms with Crippen molar-refractivity contribution < 1.29 is 9.31 Å². The summed E-state index contributed by atoms with van der Waals surface area (Å²) in [6.07, 6.45) is 2.54. The molecular formula is C14H23BN2O2. The van der Waals surface area contributed by atoms with Crippen LogP contribution in [0.1, 0.15) is 40.2 Å². The van der Waals surface area contributed by atoms with Crippen LogP contribution in [0.4, 0.5) is 0 Å². The molecule has 0 radical (unpaired) electrons. The molecule has 104 valence electrons. The Morgan fingerprint density at radius 3 is 2.37 bits per heavy atom. The van der Waals surface area contributed by atoms with Crippen molar-refractivity contribution in [1.29, 1.82) is 0 Å². The molecule has 1 aliphatic rings. The van der Waals surface area contributed by atoms with Crippen molar-refractivity contribution in [2.45, 2.75) is 58.3 Å². The maximum absolute atomic E-state index is 6.05. The molecule has 0 aliphatic carbocycles. The molecule has 0 spiro atoms. The van der Waals surface area contributed by atoms with E-state index in [1.807, 2.05) is 46.8 Å². The average Bonchev–Trinajstić information content (AvgIpc) is 2.48. The molecule has 1 saturated heterocycles. The minimum absolute atomic E-state index is 0.0883. The summed E-state index contributed by atoms with van der Waals surface area (Å²) in [6, 6.07) is 4.05. The molecule has 2 heterocycles. The third-order valence-corrected chi connectivity index (χ3v) is 3.94.